The molecular formula is C10H11BrN4O2. The number of urea groups is 1. The van der Waals surface area contributed by atoms with Crippen molar-refractivity contribution in [3.8, 4) is 0 Å². The number of carbonyl (C=O) groups excluding carboxylic acids is 2. The molecule has 0 heterocycles. The molecule has 0 unspecified atom stereocenters. The molecule has 6 nitrogen and oxygen atoms in total. The topological polar surface area (TPSA) is 96.6 Å². The number of hydrazone groups is 1. The summed E-state index contributed by atoms with van der Waals surface area (Å²) in [6.45, 7) is 1.46. The van der Waals surface area contributed by atoms with E-state index in [2.05, 4.69) is 26.3 Å². The number of hydrogen-bond acceptors (Lipinski definition) is 3. The van der Waals surface area contributed by atoms with Gasteiger partial charge in [-0.25, -0.2) is 10.2 Å². The van der Waals surface area contributed by atoms with Crippen LogP contribution in [0, 0.1) is 0 Å². The Labute approximate surface area is 106 Å². The van der Waals surface area contributed by atoms with Gasteiger partial charge in [-0.2, -0.15) is 5.10 Å². The van der Waals surface area contributed by atoms with Crippen LogP contribution in [0.1, 0.15) is 6.92 Å². The highest BCUT2D eigenvalue weighted by Crippen LogP contribution is 2.13. The fraction of sp³-hybridized carbons (Fsp3) is 0.100. The number of nitrogens with one attached hydrogen (secondary N) is 2. The molecule has 0 radical (unpaired) electrons. The Bertz CT molecular complexity index is 456. The first-order valence-electron chi connectivity index (χ1n) is 4.65. The molecule has 0 aliphatic carbocycles. The van der Waals surface area contributed by atoms with Gasteiger partial charge in [-0.3, -0.25) is 4.79 Å². The van der Waals surface area contributed by atoms with Crippen LogP contribution in [-0.4, -0.2) is 17.6 Å². The summed E-state index contributed by atoms with van der Waals surface area (Å²) < 4.78 is 0.913. The van der Waals surface area contributed by atoms with Crippen molar-refractivity contribution in [3.63, 3.8) is 0 Å². The van der Waals surface area contributed by atoms with Crippen LogP contribution in [0.5, 0.6) is 0 Å². The summed E-state index contributed by atoms with van der Waals surface area (Å²) in [6.07, 6.45) is 0. The highest BCUT2D eigenvalue weighted by Gasteiger charge is 2.06. The van der Waals surface area contributed by atoms with Gasteiger partial charge < -0.3 is 11.1 Å². The number of nitrogens with two attached hydrogens (primary N) is 1. The third-order valence-electron chi connectivity index (χ3n) is 1.76. The molecule has 7 heteroatoms. The summed E-state index contributed by atoms with van der Waals surface area (Å²) in [4.78, 5) is 22.0. The number of nitrogens with zero attached hydrogens (tertiary/aromatic N) is 1. The molecule has 0 spiro atoms. The van der Waals surface area contributed by atoms with Gasteiger partial charge in [-0.15, -0.1) is 0 Å². The Morgan fingerprint density at radius 1 is 1.29 bits per heavy atom. The largest absolute Gasteiger partial charge is 0.350 e. The zero-order valence-electron chi connectivity index (χ0n) is 9.03. The van der Waals surface area contributed by atoms with Crippen molar-refractivity contribution in [1.29, 1.82) is 0 Å². The van der Waals surface area contributed by atoms with E-state index >= 15 is 0 Å². The van der Waals surface area contributed by atoms with Crippen LogP contribution < -0.4 is 16.5 Å². The van der Waals surface area contributed by atoms with Crippen LogP contribution in [-0.2, 0) is 4.79 Å². The predicted molar refractivity (Wildman–Crippen MR) is 68.6 cm³/mol. The van der Waals surface area contributed by atoms with Gasteiger partial charge in [-0.1, -0.05) is 15.9 Å². The number of halogens is 1. The Hall–Kier alpha value is -1.89. The molecule has 17 heavy (non-hydrogen) atoms. The number of benzene rings is 1. The first-order valence-corrected chi connectivity index (χ1v) is 5.45. The second-order valence-corrected chi connectivity index (χ2v) is 4.05. The third kappa shape index (κ3) is 4.64. The first-order chi connectivity index (χ1) is 7.99. The molecule has 0 saturated carbocycles. The lowest BCUT2D eigenvalue weighted by atomic mass is 10.3. The van der Waals surface area contributed by atoms with Crippen molar-refractivity contribution in [3.05, 3.63) is 28.7 Å². The first kappa shape index (κ1) is 13.2. The molecule has 0 aliphatic heterocycles. The highest BCUT2D eigenvalue weighted by atomic mass is 79.9. The minimum absolute atomic E-state index is 0.103. The van der Waals surface area contributed by atoms with Gasteiger partial charge in [0.1, 0.15) is 5.71 Å². The average Bonchev–Trinajstić information content (AvgIpc) is 2.28. The van der Waals surface area contributed by atoms with Crippen LogP contribution in [0.3, 0.4) is 0 Å². The van der Waals surface area contributed by atoms with Crippen molar-refractivity contribution in [2.75, 3.05) is 5.32 Å². The number of anilines is 1. The summed E-state index contributed by atoms with van der Waals surface area (Å²) in [7, 11) is 0. The van der Waals surface area contributed by atoms with Gasteiger partial charge in [0, 0.05) is 10.2 Å². The smallest absolute Gasteiger partial charge is 0.332 e. The number of amides is 3. The number of rotatable bonds is 3. The Kier molecular flexibility index (Phi) is 4.65. The Morgan fingerprint density at radius 3 is 2.41 bits per heavy atom. The van der Waals surface area contributed by atoms with Crippen LogP contribution in [0.15, 0.2) is 33.8 Å². The Morgan fingerprint density at radius 2 is 1.88 bits per heavy atom. The van der Waals surface area contributed by atoms with Gasteiger partial charge in [-0.05, 0) is 31.2 Å². The summed E-state index contributed by atoms with van der Waals surface area (Å²) in [6, 6.07) is 6.24. The molecule has 3 amide bonds. The molecular weight excluding hydrogens is 288 g/mol. The van der Waals surface area contributed by atoms with Crippen LogP contribution in [0.4, 0.5) is 10.5 Å². The zero-order chi connectivity index (χ0) is 12.8. The van der Waals surface area contributed by atoms with E-state index in [1.54, 1.807) is 24.3 Å². The molecule has 4 N–H and O–H groups in total. The van der Waals surface area contributed by atoms with Crippen molar-refractivity contribution in [2.45, 2.75) is 6.92 Å². The second-order valence-electron chi connectivity index (χ2n) is 3.13. The fourth-order valence-electron chi connectivity index (χ4n) is 0.944. The zero-order valence-corrected chi connectivity index (χ0v) is 10.6. The maximum atomic E-state index is 11.6. The van der Waals surface area contributed by atoms with Gasteiger partial charge in [0.2, 0.25) is 0 Å². The standard InChI is InChI=1S/C10H11BrN4O2/c1-6(14-15-10(12)17)9(16)13-8-4-2-7(11)3-5-8/h2-5H,1H3,(H,13,16)(H3,12,15,17). The molecule has 0 aliphatic rings. The monoisotopic (exact) mass is 298 g/mol. The lowest BCUT2D eigenvalue weighted by Gasteiger charge is -2.04. The summed E-state index contributed by atoms with van der Waals surface area (Å²) in [5.74, 6) is -0.416. The normalized spacial score (nSPS) is 10.8. The molecule has 0 aromatic heterocycles. The SMILES string of the molecule is CC(=NNC(N)=O)C(=O)Nc1ccc(Br)cc1. The van der Waals surface area contributed by atoms with E-state index < -0.39 is 11.9 Å². The number of hydrogen-bond donors (Lipinski definition) is 3. The van der Waals surface area contributed by atoms with Crippen LogP contribution in [0.25, 0.3) is 0 Å². The molecule has 1 aromatic rings. The van der Waals surface area contributed by atoms with E-state index in [1.165, 1.54) is 6.92 Å². The van der Waals surface area contributed by atoms with E-state index in [0.717, 1.165) is 4.47 Å². The molecule has 0 saturated heterocycles. The van der Waals surface area contributed by atoms with E-state index in [0.29, 0.717) is 5.69 Å². The van der Waals surface area contributed by atoms with E-state index in [-0.39, 0.29) is 5.71 Å². The van der Waals surface area contributed by atoms with Gasteiger partial charge in [0.05, 0.1) is 0 Å². The molecule has 0 fully saturated rings. The molecule has 1 aromatic carbocycles. The molecule has 1 rings (SSSR count). The summed E-state index contributed by atoms with van der Waals surface area (Å²) in [5, 5.41) is 6.12. The number of carbonyl (C=O) groups is 2. The minimum Gasteiger partial charge on any atom is -0.350 e. The number of primary amides is 1. The highest BCUT2D eigenvalue weighted by molar-refractivity contribution is 9.10. The van der Waals surface area contributed by atoms with Crippen molar-refractivity contribution >= 4 is 39.3 Å². The van der Waals surface area contributed by atoms with Crippen molar-refractivity contribution in [2.24, 2.45) is 10.8 Å². The summed E-state index contributed by atoms with van der Waals surface area (Å²) in [5.41, 5.74) is 7.53. The van der Waals surface area contributed by atoms with Gasteiger partial charge >= 0.3 is 6.03 Å². The quantitative estimate of drug-likeness (QED) is 0.581. The Balaban J connectivity index is 2.63. The van der Waals surface area contributed by atoms with Crippen molar-refractivity contribution < 1.29 is 9.59 Å². The maximum Gasteiger partial charge on any atom is 0.332 e. The molecule has 90 valence electrons. The third-order valence-corrected chi connectivity index (χ3v) is 2.29. The lowest BCUT2D eigenvalue weighted by Crippen LogP contribution is -2.28. The predicted octanol–water partition coefficient (Wildman–Crippen LogP) is 1.43. The fourth-order valence-corrected chi connectivity index (χ4v) is 1.21. The van der Waals surface area contributed by atoms with Gasteiger partial charge in [0.15, 0.2) is 0 Å². The second kappa shape index (κ2) is 6.00. The lowest BCUT2D eigenvalue weighted by molar-refractivity contribution is -0.110. The van der Waals surface area contributed by atoms with Gasteiger partial charge in [0.25, 0.3) is 5.91 Å². The molecule has 0 atom stereocenters. The maximum absolute atomic E-state index is 11.6. The van der Waals surface area contributed by atoms with Crippen molar-refractivity contribution in [1.82, 2.24) is 5.43 Å². The summed E-state index contributed by atoms with van der Waals surface area (Å²) >= 11 is 3.28. The van der Waals surface area contributed by atoms with E-state index in [1.807, 2.05) is 5.43 Å². The average molecular weight is 299 g/mol. The molecule has 0 bridgehead atoms. The van der Waals surface area contributed by atoms with Crippen LogP contribution in [0.2, 0.25) is 0 Å². The van der Waals surface area contributed by atoms with Crippen LogP contribution >= 0.6 is 15.9 Å². The van der Waals surface area contributed by atoms with E-state index in [4.69, 9.17) is 5.73 Å². The minimum atomic E-state index is -0.819. The van der Waals surface area contributed by atoms with E-state index in [9.17, 15) is 9.59 Å².